The predicted molar refractivity (Wildman–Crippen MR) is 130 cm³/mol. The zero-order valence-corrected chi connectivity index (χ0v) is 19.7. The molecule has 0 spiro atoms. The van der Waals surface area contributed by atoms with Crippen LogP contribution in [0.5, 0.6) is 5.75 Å². The monoisotopic (exact) mass is 466 g/mol. The summed E-state index contributed by atoms with van der Waals surface area (Å²) in [5, 5.41) is 21.4. The molecule has 0 bridgehead atoms. The number of rotatable bonds is 11. The maximum Gasteiger partial charge on any atom is 0.303 e. The van der Waals surface area contributed by atoms with Crippen LogP contribution < -0.4 is 4.74 Å². The number of hydrogen-bond donors (Lipinski definition) is 2. The molecular formula is C27H34N2O5. The van der Waals surface area contributed by atoms with Crippen LogP contribution in [0.4, 0.5) is 0 Å². The Morgan fingerprint density at radius 3 is 2.94 bits per heavy atom. The summed E-state index contributed by atoms with van der Waals surface area (Å²) in [5.74, 6) is 1.35. The lowest BCUT2D eigenvalue weighted by Gasteiger charge is -2.38. The first-order valence-electron chi connectivity index (χ1n) is 12.1. The second-order valence-electron chi connectivity index (χ2n) is 9.27. The average molecular weight is 467 g/mol. The van der Waals surface area contributed by atoms with Crippen LogP contribution in [0.2, 0.25) is 0 Å². The molecule has 3 aromatic rings. The fourth-order valence-electron chi connectivity index (χ4n) is 5.22. The Kier molecular flexibility index (Phi) is 8.19. The van der Waals surface area contributed by atoms with E-state index in [0.29, 0.717) is 6.42 Å². The molecule has 1 unspecified atom stereocenters. The van der Waals surface area contributed by atoms with Crippen molar-refractivity contribution in [2.45, 2.75) is 44.6 Å². The fraction of sp³-hybridized carbons (Fsp3) is 0.481. The number of fused-ring (bicyclic) bond motifs is 1. The highest BCUT2D eigenvalue weighted by atomic mass is 16.5. The number of carboxylic acid groups (broad SMARTS) is 1. The Balaban J connectivity index is 1.35. The smallest absolute Gasteiger partial charge is 0.303 e. The first kappa shape index (κ1) is 24.2. The summed E-state index contributed by atoms with van der Waals surface area (Å²) in [4.78, 5) is 18.3. The largest absolute Gasteiger partial charge is 0.497 e. The molecule has 1 fully saturated rings. The Morgan fingerprint density at radius 2 is 2.18 bits per heavy atom. The van der Waals surface area contributed by atoms with Gasteiger partial charge in [-0.3, -0.25) is 9.78 Å². The molecule has 1 aromatic carbocycles. The molecule has 3 atom stereocenters. The molecule has 2 N–H and O–H groups in total. The van der Waals surface area contributed by atoms with Crippen molar-refractivity contribution in [2.24, 2.45) is 11.8 Å². The van der Waals surface area contributed by atoms with Gasteiger partial charge in [-0.2, -0.15) is 0 Å². The minimum absolute atomic E-state index is 0.0938. The van der Waals surface area contributed by atoms with Crippen molar-refractivity contribution in [3.05, 3.63) is 60.2 Å². The molecule has 2 aromatic heterocycles. The van der Waals surface area contributed by atoms with Crippen molar-refractivity contribution in [3.8, 4) is 5.75 Å². The van der Waals surface area contributed by atoms with E-state index in [1.807, 2.05) is 36.4 Å². The van der Waals surface area contributed by atoms with E-state index in [4.69, 9.17) is 9.15 Å². The number of furan rings is 1. The van der Waals surface area contributed by atoms with Crippen LogP contribution in [-0.4, -0.2) is 52.8 Å². The van der Waals surface area contributed by atoms with Gasteiger partial charge in [0, 0.05) is 31.0 Å². The van der Waals surface area contributed by atoms with Gasteiger partial charge in [-0.1, -0.05) is 0 Å². The lowest BCUT2D eigenvalue weighted by atomic mass is 9.79. The van der Waals surface area contributed by atoms with Crippen LogP contribution in [0.3, 0.4) is 0 Å². The van der Waals surface area contributed by atoms with E-state index >= 15 is 0 Å². The molecule has 0 saturated carbocycles. The van der Waals surface area contributed by atoms with Gasteiger partial charge in [0.1, 0.15) is 11.5 Å². The number of pyridine rings is 1. The van der Waals surface area contributed by atoms with E-state index in [0.717, 1.165) is 73.3 Å². The van der Waals surface area contributed by atoms with Crippen molar-refractivity contribution in [3.63, 3.8) is 0 Å². The van der Waals surface area contributed by atoms with Gasteiger partial charge in [-0.25, -0.2) is 0 Å². The molecule has 1 saturated heterocycles. The number of aliphatic hydroxyl groups excluding tert-OH is 1. The molecule has 1 aliphatic rings. The third kappa shape index (κ3) is 6.15. The second-order valence-corrected chi connectivity index (χ2v) is 9.27. The number of piperidine rings is 1. The Bertz CT molecular complexity index is 1070. The van der Waals surface area contributed by atoms with Crippen LogP contribution in [0.15, 0.2) is 53.3 Å². The number of hydrogen-bond acceptors (Lipinski definition) is 6. The van der Waals surface area contributed by atoms with Gasteiger partial charge in [-0.05, 0) is 92.6 Å². The molecule has 7 nitrogen and oxygen atoms in total. The van der Waals surface area contributed by atoms with E-state index in [1.54, 1.807) is 19.6 Å². The van der Waals surface area contributed by atoms with Gasteiger partial charge in [0.2, 0.25) is 0 Å². The summed E-state index contributed by atoms with van der Waals surface area (Å²) in [7, 11) is 1.62. The molecule has 0 aliphatic carbocycles. The first-order chi connectivity index (χ1) is 16.5. The number of likely N-dealkylation sites (tertiary alicyclic amines) is 1. The van der Waals surface area contributed by atoms with Crippen LogP contribution in [-0.2, 0) is 11.2 Å². The summed E-state index contributed by atoms with van der Waals surface area (Å²) in [6, 6.07) is 11.4. The first-order valence-corrected chi connectivity index (χ1v) is 12.1. The van der Waals surface area contributed by atoms with Crippen LogP contribution in [0.1, 0.15) is 49.5 Å². The van der Waals surface area contributed by atoms with E-state index in [2.05, 4.69) is 9.88 Å². The number of aryl methyl sites for hydroxylation is 1. The minimum Gasteiger partial charge on any atom is -0.497 e. The molecule has 182 valence electrons. The molecular weight excluding hydrogens is 432 g/mol. The summed E-state index contributed by atoms with van der Waals surface area (Å²) < 4.78 is 10.8. The maximum absolute atomic E-state index is 11.6. The summed E-state index contributed by atoms with van der Waals surface area (Å²) in [6.07, 6.45) is 7.20. The Hall–Kier alpha value is -2.90. The van der Waals surface area contributed by atoms with Gasteiger partial charge < -0.3 is 24.3 Å². The molecule has 0 amide bonds. The maximum atomic E-state index is 11.6. The number of benzene rings is 1. The predicted octanol–water partition coefficient (Wildman–Crippen LogP) is 4.70. The lowest BCUT2D eigenvalue weighted by molar-refractivity contribution is -0.139. The number of carbonyl (C=O) groups is 1. The third-order valence-corrected chi connectivity index (χ3v) is 7.04. The number of aliphatic carboxylic acids is 1. The van der Waals surface area contributed by atoms with E-state index < -0.39 is 12.1 Å². The second kappa shape index (κ2) is 11.5. The van der Waals surface area contributed by atoms with Crippen molar-refractivity contribution in [1.82, 2.24) is 9.88 Å². The highest BCUT2D eigenvalue weighted by Crippen LogP contribution is 2.34. The SMILES string of the molecule is COc1ccc2nccc(C(O)CC[C@@H]3CCN(CCCc4ccco4)C[C@@H]3CC(=O)O)c2c1. The highest BCUT2D eigenvalue weighted by Gasteiger charge is 2.31. The number of carboxylic acids is 1. The molecule has 0 radical (unpaired) electrons. The standard InChI is InChI=1S/C27H34N2O5/c1-33-22-7-8-25-24(17-22)23(10-12-28-25)26(30)9-6-19-11-14-29(18-20(19)16-27(31)32)13-2-4-21-5-3-15-34-21/h3,5,7-8,10,12,15,17,19-20,26,30H,2,4,6,9,11,13-14,16,18H2,1H3,(H,31,32)/t19-,20+,26?/m1/s1. The van der Waals surface area contributed by atoms with Crippen molar-refractivity contribution >= 4 is 16.9 Å². The minimum atomic E-state index is -0.750. The zero-order chi connectivity index (χ0) is 23.9. The highest BCUT2D eigenvalue weighted by molar-refractivity contribution is 5.83. The normalized spacial score (nSPS) is 19.8. The number of aromatic nitrogens is 1. The van der Waals surface area contributed by atoms with E-state index in [-0.39, 0.29) is 18.3 Å². The lowest BCUT2D eigenvalue weighted by Crippen LogP contribution is -2.42. The number of nitrogens with zero attached hydrogens (tertiary/aromatic N) is 2. The molecule has 3 heterocycles. The summed E-state index contributed by atoms with van der Waals surface area (Å²) in [6.45, 7) is 2.70. The van der Waals surface area contributed by atoms with Gasteiger partial charge in [0.05, 0.1) is 25.0 Å². The number of methoxy groups -OCH3 is 1. The average Bonchev–Trinajstić information content (AvgIpc) is 3.36. The van der Waals surface area contributed by atoms with Gasteiger partial charge in [0.15, 0.2) is 0 Å². The molecule has 1 aliphatic heterocycles. The van der Waals surface area contributed by atoms with Crippen LogP contribution in [0, 0.1) is 11.8 Å². The topological polar surface area (TPSA) is 96.0 Å². The zero-order valence-electron chi connectivity index (χ0n) is 19.7. The summed E-state index contributed by atoms with van der Waals surface area (Å²) >= 11 is 0. The number of ether oxygens (including phenoxy) is 1. The fourth-order valence-corrected chi connectivity index (χ4v) is 5.22. The van der Waals surface area contributed by atoms with E-state index in [1.165, 1.54) is 0 Å². The molecule has 7 heteroatoms. The van der Waals surface area contributed by atoms with Crippen LogP contribution in [0.25, 0.3) is 10.9 Å². The Labute approximate surface area is 200 Å². The third-order valence-electron chi connectivity index (χ3n) is 7.04. The van der Waals surface area contributed by atoms with Crippen molar-refractivity contribution in [2.75, 3.05) is 26.7 Å². The summed E-state index contributed by atoms with van der Waals surface area (Å²) in [5.41, 5.74) is 1.66. The number of aliphatic hydroxyl groups is 1. The van der Waals surface area contributed by atoms with Gasteiger partial charge in [0.25, 0.3) is 0 Å². The van der Waals surface area contributed by atoms with Crippen molar-refractivity contribution < 1.29 is 24.2 Å². The Morgan fingerprint density at radius 1 is 1.29 bits per heavy atom. The molecule has 34 heavy (non-hydrogen) atoms. The van der Waals surface area contributed by atoms with E-state index in [9.17, 15) is 15.0 Å². The van der Waals surface area contributed by atoms with Crippen molar-refractivity contribution in [1.29, 1.82) is 0 Å². The van der Waals surface area contributed by atoms with Gasteiger partial charge in [-0.15, -0.1) is 0 Å². The van der Waals surface area contributed by atoms with Crippen LogP contribution >= 0.6 is 0 Å². The quantitative estimate of drug-likeness (QED) is 0.423. The van der Waals surface area contributed by atoms with Gasteiger partial charge >= 0.3 is 5.97 Å². The molecule has 4 rings (SSSR count).